The Labute approximate surface area is 162 Å². The monoisotopic (exact) mass is 374 g/mol. The van der Waals surface area contributed by atoms with Gasteiger partial charge in [-0.05, 0) is 39.2 Å². The minimum atomic E-state index is 0.430. The zero-order chi connectivity index (χ0) is 19.8. The SMILES string of the molecule is CCNC(=NCc1c(CC)noc1CC)NCC(C)Cn1nc(C)cc1C. The Morgan fingerprint density at radius 2 is 2.00 bits per heavy atom. The second-order valence-electron chi connectivity index (χ2n) is 7.03. The Kier molecular flexibility index (Phi) is 7.88. The third-order valence-corrected chi connectivity index (χ3v) is 4.55. The summed E-state index contributed by atoms with van der Waals surface area (Å²) in [6.45, 7) is 15.7. The lowest BCUT2D eigenvalue weighted by atomic mass is 10.1. The first-order valence-electron chi connectivity index (χ1n) is 9.97. The van der Waals surface area contributed by atoms with Gasteiger partial charge in [-0.2, -0.15) is 5.10 Å². The molecule has 0 aliphatic rings. The van der Waals surface area contributed by atoms with E-state index in [1.807, 2.05) is 6.92 Å². The molecule has 2 heterocycles. The molecule has 0 spiro atoms. The van der Waals surface area contributed by atoms with Crippen LogP contribution in [0.2, 0.25) is 0 Å². The molecule has 1 unspecified atom stereocenters. The van der Waals surface area contributed by atoms with Crippen molar-refractivity contribution in [3.05, 3.63) is 34.5 Å². The van der Waals surface area contributed by atoms with Gasteiger partial charge in [0, 0.05) is 37.3 Å². The number of guanidine groups is 1. The summed E-state index contributed by atoms with van der Waals surface area (Å²) in [5, 5.41) is 15.5. The summed E-state index contributed by atoms with van der Waals surface area (Å²) in [6.07, 6.45) is 1.69. The Balaban J connectivity index is 1.97. The van der Waals surface area contributed by atoms with Gasteiger partial charge in [0.15, 0.2) is 5.96 Å². The lowest BCUT2D eigenvalue weighted by Gasteiger charge is -2.16. The summed E-state index contributed by atoms with van der Waals surface area (Å²) in [6, 6.07) is 2.11. The van der Waals surface area contributed by atoms with Gasteiger partial charge in [-0.1, -0.05) is 25.9 Å². The molecule has 150 valence electrons. The highest BCUT2D eigenvalue weighted by molar-refractivity contribution is 5.79. The summed E-state index contributed by atoms with van der Waals surface area (Å²) < 4.78 is 7.51. The standard InChI is InChI=1S/C20H34N6O/c1-7-18-17(19(8-2)27-25-18)12-23-20(21-9-3)22-11-14(4)13-26-16(6)10-15(5)24-26/h10,14H,7-9,11-13H2,1-6H3,(H2,21,22,23). The summed E-state index contributed by atoms with van der Waals surface area (Å²) in [5.41, 5.74) is 4.39. The molecular weight excluding hydrogens is 340 g/mol. The van der Waals surface area contributed by atoms with Crippen molar-refractivity contribution in [3.63, 3.8) is 0 Å². The molecule has 0 aromatic carbocycles. The van der Waals surface area contributed by atoms with Crippen LogP contribution in [0.4, 0.5) is 0 Å². The van der Waals surface area contributed by atoms with Gasteiger partial charge in [0.25, 0.3) is 0 Å². The number of rotatable bonds is 9. The molecule has 0 aliphatic heterocycles. The maximum Gasteiger partial charge on any atom is 0.191 e. The summed E-state index contributed by atoms with van der Waals surface area (Å²) in [5.74, 6) is 2.19. The van der Waals surface area contributed by atoms with Crippen LogP contribution in [-0.4, -0.2) is 34.0 Å². The third kappa shape index (κ3) is 5.84. The van der Waals surface area contributed by atoms with E-state index in [0.717, 1.165) is 61.1 Å². The van der Waals surface area contributed by atoms with E-state index < -0.39 is 0 Å². The molecule has 0 amide bonds. The van der Waals surface area contributed by atoms with Crippen molar-refractivity contribution in [1.29, 1.82) is 0 Å². The molecule has 0 aliphatic carbocycles. The molecule has 7 nitrogen and oxygen atoms in total. The number of hydrogen-bond donors (Lipinski definition) is 2. The smallest absolute Gasteiger partial charge is 0.191 e. The molecule has 2 rings (SSSR count). The van der Waals surface area contributed by atoms with Gasteiger partial charge < -0.3 is 15.2 Å². The van der Waals surface area contributed by atoms with Crippen LogP contribution < -0.4 is 10.6 Å². The van der Waals surface area contributed by atoms with Crippen LogP contribution in [0.5, 0.6) is 0 Å². The maximum absolute atomic E-state index is 5.44. The first kappa shape index (κ1) is 21.0. The largest absolute Gasteiger partial charge is 0.361 e. The lowest BCUT2D eigenvalue weighted by Crippen LogP contribution is -2.40. The molecule has 27 heavy (non-hydrogen) atoms. The van der Waals surface area contributed by atoms with Crippen LogP contribution in [-0.2, 0) is 25.9 Å². The Morgan fingerprint density at radius 3 is 2.59 bits per heavy atom. The average molecular weight is 375 g/mol. The topological polar surface area (TPSA) is 80.3 Å². The first-order chi connectivity index (χ1) is 13.0. The fourth-order valence-corrected chi connectivity index (χ4v) is 3.11. The highest BCUT2D eigenvalue weighted by Gasteiger charge is 2.13. The molecule has 0 radical (unpaired) electrons. The predicted octanol–water partition coefficient (Wildman–Crippen LogP) is 3.00. The fourth-order valence-electron chi connectivity index (χ4n) is 3.11. The third-order valence-electron chi connectivity index (χ3n) is 4.55. The minimum absolute atomic E-state index is 0.430. The normalized spacial score (nSPS) is 13.0. The highest BCUT2D eigenvalue weighted by Crippen LogP contribution is 2.16. The van der Waals surface area contributed by atoms with Crippen LogP contribution in [0.1, 0.15) is 56.1 Å². The predicted molar refractivity (Wildman–Crippen MR) is 109 cm³/mol. The summed E-state index contributed by atoms with van der Waals surface area (Å²) in [7, 11) is 0. The van der Waals surface area contributed by atoms with E-state index in [9.17, 15) is 0 Å². The van der Waals surface area contributed by atoms with Crippen LogP contribution in [0.25, 0.3) is 0 Å². The summed E-state index contributed by atoms with van der Waals surface area (Å²) >= 11 is 0. The molecule has 2 N–H and O–H groups in total. The van der Waals surface area contributed by atoms with Crippen molar-refractivity contribution in [2.75, 3.05) is 13.1 Å². The zero-order valence-corrected chi connectivity index (χ0v) is 17.6. The second-order valence-corrected chi connectivity index (χ2v) is 7.03. The number of aryl methyl sites for hydroxylation is 4. The van der Waals surface area contributed by atoms with Crippen molar-refractivity contribution >= 4 is 5.96 Å². The molecule has 2 aromatic rings. The van der Waals surface area contributed by atoms with E-state index in [4.69, 9.17) is 9.52 Å². The van der Waals surface area contributed by atoms with Gasteiger partial charge in [0.1, 0.15) is 5.76 Å². The quantitative estimate of drug-likeness (QED) is 0.521. The van der Waals surface area contributed by atoms with Gasteiger partial charge in [-0.25, -0.2) is 4.99 Å². The van der Waals surface area contributed by atoms with E-state index >= 15 is 0 Å². The second kappa shape index (κ2) is 10.1. The molecule has 2 aromatic heterocycles. The minimum Gasteiger partial charge on any atom is -0.361 e. The lowest BCUT2D eigenvalue weighted by molar-refractivity contribution is 0.380. The van der Waals surface area contributed by atoms with Gasteiger partial charge >= 0.3 is 0 Å². The number of aliphatic imine (C=N–C) groups is 1. The number of hydrogen-bond acceptors (Lipinski definition) is 4. The van der Waals surface area contributed by atoms with Gasteiger partial charge in [-0.3, -0.25) is 4.68 Å². The fraction of sp³-hybridized carbons (Fsp3) is 0.650. The van der Waals surface area contributed by atoms with Crippen LogP contribution in [0.15, 0.2) is 15.6 Å². The van der Waals surface area contributed by atoms with Crippen LogP contribution in [0, 0.1) is 19.8 Å². The Bertz CT molecular complexity index is 724. The van der Waals surface area contributed by atoms with Crippen molar-refractivity contribution in [3.8, 4) is 0 Å². The maximum atomic E-state index is 5.44. The van der Waals surface area contributed by atoms with Crippen molar-refractivity contribution in [2.24, 2.45) is 10.9 Å². The molecule has 0 bridgehead atoms. The molecule has 0 saturated carbocycles. The van der Waals surface area contributed by atoms with E-state index in [0.29, 0.717) is 12.5 Å². The molecule has 1 atom stereocenters. The van der Waals surface area contributed by atoms with Crippen LogP contribution in [0.3, 0.4) is 0 Å². The molecule has 7 heteroatoms. The van der Waals surface area contributed by atoms with E-state index in [1.54, 1.807) is 0 Å². The van der Waals surface area contributed by atoms with Crippen molar-refractivity contribution in [2.45, 2.75) is 67.5 Å². The Morgan fingerprint density at radius 1 is 1.22 bits per heavy atom. The Hall–Kier alpha value is -2.31. The number of nitrogens with one attached hydrogen (secondary N) is 2. The summed E-state index contributed by atoms with van der Waals surface area (Å²) in [4.78, 5) is 4.75. The molecular formula is C20H34N6O. The van der Waals surface area contributed by atoms with Gasteiger partial charge in [0.05, 0.1) is 17.9 Å². The number of nitrogens with zero attached hydrogens (tertiary/aromatic N) is 4. The van der Waals surface area contributed by atoms with Gasteiger partial charge in [-0.15, -0.1) is 0 Å². The van der Waals surface area contributed by atoms with E-state index in [2.05, 4.69) is 66.3 Å². The van der Waals surface area contributed by atoms with Crippen LogP contribution >= 0.6 is 0 Å². The zero-order valence-electron chi connectivity index (χ0n) is 17.6. The highest BCUT2D eigenvalue weighted by atomic mass is 16.5. The van der Waals surface area contributed by atoms with Crippen molar-refractivity contribution in [1.82, 2.24) is 25.6 Å². The number of aromatic nitrogens is 3. The van der Waals surface area contributed by atoms with Gasteiger partial charge in [0.2, 0.25) is 0 Å². The van der Waals surface area contributed by atoms with Crippen molar-refractivity contribution < 1.29 is 4.52 Å². The average Bonchev–Trinajstić information content (AvgIpc) is 3.19. The molecule has 0 saturated heterocycles. The first-order valence-corrected chi connectivity index (χ1v) is 9.97. The molecule has 0 fully saturated rings. The van der Waals surface area contributed by atoms with E-state index in [1.165, 1.54) is 5.69 Å². The van der Waals surface area contributed by atoms with E-state index in [-0.39, 0.29) is 0 Å².